The number of hydrogen-bond donors (Lipinski definition) is 1. The molecule has 1 aromatic carbocycles. The Kier molecular flexibility index (Phi) is 4.63. The number of rotatable bonds is 5. The van der Waals surface area contributed by atoms with E-state index in [-0.39, 0.29) is 11.8 Å². The van der Waals surface area contributed by atoms with Gasteiger partial charge in [0.05, 0.1) is 23.2 Å². The van der Waals surface area contributed by atoms with E-state index in [0.29, 0.717) is 13.1 Å². The first-order valence-corrected chi connectivity index (χ1v) is 7.86. The van der Waals surface area contributed by atoms with Crippen molar-refractivity contribution in [2.24, 2.45) is 5.92 Å². The number of amides is 1. The van der Waals surface area contributed by atoms with Gasteiger partial charge in [-0.15, -0.1) is 0 Å². The van der Waals surface area contributed by atoms with Crippen molar-refractivity contribution >= 4 is 23.2 Å². The summed E-state index contributed by atoms with van der Waals surface area (Å²) in [7, 11) is 0. The topological polar surface area (TPSA) is 50.2 Å². The molecule has 1 aliphatic heterocycles. The van der Waals surface area contributed by atoms with Gasteiger partial charge < -0.3 is 10.2 Å². The second-order valence-electron chi connectivity index (χ2n) is 5.44. The van der Waals surface area contributed by atoms with Crippen molar-refractivity contribution in [3.63, 3.8) is 0 Å². The van der Waals surface area contributed by atoms with Gasteiger partial charge in [0.15, 0.2) is 0 Å². The molecule has 0 bridgehead atoms. The van der Waals surface area contributed by atoms with Crippen molar-refractivity contribution in [2.75, 3.05) is 24.5 Å². The number of benzene rings is 1. The molecule has 1 aromatic heterocycles. The molecule has 1 saturated heterocycles. The molecule has 2 aromatic rings. The van der Waals surface area contributed by atoms with Crippen molar-refractivity contribution in [1.29, 1.82) is 0 Å². The molecule has 1 atom stereocenters. The van der Waals surface area contributed by atoms with E-state index in [1.807, 2.05) is 41.2 Å². The zero-order valence-corrected chi connectivity index (χ0v) is 13.0. The SMILES string of the molecule is O=C(NCCn1cccn1)C1CCN(c2ccccc2Cl)C1. The Balaban J connectivity index is 1.49. The van der Waals surface area contributed by atoms with Crippen LogP contribution in [0.15, 0.2) is 42.7 Å². The fraction of sp³-hybridized carbons (Fsp3) is 0.375. The highest BCUT2D eigenvalue weighted by atomic mass is 35.5. The van der Waals surface area contributed by atoms with E-state index in [2.05, 4.69) is 15.3 Å². The third kappa shape index (κ3) is 3.42. The normalized spacial score (nSPS) is 17.7. The van der Waals surface area contributed by atoms with Crippen molar-refractivity contribution in [2.45, 2.75) is 13.0 Å². The van der Waals surface area contributed by atoms with Crippen LogP contribution in [-0.4, -0.2) is 35.3 Å². The second kappa shape index (κ2) is 6.83. The summed E-state index contributed by atoms with van der Waals surface area (Å²) in [5.74, 6) is 0.135. The molecule has 5 nitrogen and oxygen atoms in total. The number of anilines is 1. The van der Waals surface area contributed by atoms with Crippen molar-refractivity contribution < 1.29 is 4.79 Å². The van der Waals surface area contributed by atoms with E-state index < -0.39 is 0 Å². The van der Waals surface area contributed by atoms with E-state index in [9.17, 15) is 4.79 Å². The molecule has 2 heterocycles. The zero-order chi connectivity index (χ0) is 15.4. The molecular weight excluding hydrogens is 300 g/mol. The molecular formula is C16H19ClN4O. The number of nitrogens with zero attached hydrogens (tertiary/aromatic N) is 3. The van der Waals surface area contributed by atoms with E-state index >= 15 is 0 Å². The molecule has 6 heteroatoms. The molecule has 1 amide bonds. The van der Waals surface area contributed by atoms with E-state index in [0.717, 1.165) is 30.2 Å². The van der Waals surface area contributed by atoms with Crippen molar-refractivity contribution in [3.05, 3.63) is 47.7 Å². The van der Waals surface area contributed by atoms with Crippen molar-refractivity contribution in [3.8, 4) is 0 Å². The highest BCUT2D eigenvalue weighted by Gasteiger charge is 2.28. The molecule has 0 saturated carbocycles. The Morgan fingerprint density at radius 1 is 1.36 bits per heavy atom. The van der Waals surface area contributed by atoms with E-state index in [1.165, 1.54) is 0 Å². The number of carbonyl (C=O) groups excluding carboxylic acids is 1. The first-order chi connectivity index (χ1) is 10.7. The zero-order valence-electron chi connectivity index (χ0n) is 12.3. The Morgan fingerprint density at radius 2 is 2.23 bits per heavy atom. The second-order valence-corrected chi connectivity index (χ2v) is 5.85. The van der Waals surface area contributed by atoms with Gasteiger partial charge in [0.25, 0.3) is 0 Å². The number of nitrogens with one attached hydrogen (secondary N) is 1. The van der Waals surface area contributed by atoms with Crippen LogP contribution in [0, 0.1) is 5.92 Å². The molecule has 3 rings (SSSR count). The van der Waals surface area contributed by atoms with Crippen LogP contribution in [-0.2, 0) is 11.3 Å². The molecule has 22 heavy (non-hydrogen) atoms. The standard InChI is InChI=1S/C16H19ClN4O/c17-14-4-1-2-5-15(14)20-10-6-13(12-20)16(22)18-8-11-21-9-3-7-19-21/h1-5,7,9,13H,6,8,10-12H2,(H,18,22). The van der Waals surface area contributed by atoms with Crippen LogP contribution in [0.5, 0.6) is 0 Å². The summed E-state index contributed by atoms with van der Waals surface area (Å²) >= 11 is 6.22. The van der Waals surface area contributed by atoms with Crippen LogP contribution in [0.4, 0.5) is 5.69 Å². The molecule has 0 spiro atoms. The Labute approximate surface area is 134 Å². The summed E-state index contributed by atoms with van der Waals surface area (Å²) in [6, 6.07) is 9.65. The van der Waals surface area contributed by atoms with Gasteiger partial charge in [-0.2, -0.15) is 5.10 Å². The predicted octanol–water partition coefficient (Wildman–Crippen LogP) is 2.18. The smallest absolute Gasteiger partial charge is 0.225 e. The average molecular weight is 319 g/mol. The minimum Gasteiger partial charge on any atom is -0.370 e. The molecule has 1 aliphatic rings. The Morgan fingerprint density at radius 3 is 3.00 bits per heavy atom. The maximum Gasteiger partial charge on any atom is 0.225 e. The Hall–Kier alpha value is -2.01. The fourth-order valence-corrected chi connectivity index (χ4v) is 3.03. The van der Waals surface area contributed by atoms with Gasteiger partial charge in [0.1, 0.15) is 0 Å². The number of carbonyl (C=O) groups is 1. The van der Waals surface area contributed by atoms with Gasteiger partial charge in [-0.05, 0) is 24.6 Å². The maximum atomic E-state index is 12.2. The summed E-state index contributed by atoms with van der Waals surface area (Å²) in [5.41, 5.74) is 1.01. The molecule has 1 unspecified atom stereocenters. The first kappa shape index (κ1) is 14.9. The number of halogens is 1. The van der Waals surface area contributed by atoms with Crippen LogP contribution in [0.1, 0.15) is 6.42 Å². The van der Waals surface area contributed by atoms with Crippen LogP contribution in [0.25, 0.3) is 0 Å². The van der Waals surface area contributed by atoms with Gasteiger partial charge in [-0.1, -0.05) is 23.7 Å². The third-order valence-corrected chi connectivity index (χ3v) is 4.27. The summed E-state index contributed by atoms with van der Waals surface area (Å²) in [6.07, 6.45) is 4.49. The Bertz CT molecular complexity index is 629. The lowest BCUT2D eigenvalue weighted by atomic mass is 10.1. The van der Waals surface area contributed by atoms with Crippen LogP contribution in [0.2, 0.25) is 5.02 Å². The average Bonchev–Trinajstić information content (AvgIpc) is 3.19. The highest BCUT2D eigenvalue weighted by molar-refractivity contribution is 6.33. The molecule has 1 fully saturated rings. The van der Waals surface area contributed by atoms with E-state index in [4.69, 9.17) is 11.6 Å². The number of para-hydroxylation sites is 1. The molecule has 0 radical (unpaired) electrons. The highest BCUT2D eigenvalue weighted by Crippen LogP contribution is 2.30. The minimum atomic E-state index is 0.0221. The quantitative estimate of drug-likeness (QED) is 0.919. The van der Waals surface area contributed by atoms with Crippen LogP contribution in [0.3, 0.4) is 0 Å². The summed E-state index contributed by atoms with van der Waals surface area (Å²) in [4.78, 5) is 14.4. The number of aromatic nitrogens is 2. The minimum absolute atomic E-state index is 0.0221. The van der Waals surface area contributed by atoms with Crippen LogP contribution >= 0.6 is 11.6 Å². The summed E-state index contributed by atoms with van der Waals surface area (Å²) in [5, 5.41) is 7.84. The van der Waals surface area contributed by atoms with Crippen LogP contribution < -0.4 is 10.2 Å². The molecule has 1 N–H and O–H groups in total. The largest absolute Gasteiger partial charge is 0.370 e. The maximum absolute atomic E-state index is 12.2. The van der Waals surface area contributed by atoms with E-state index in [1.54, 1.807) is 6.20 Å². The molecule has 116 valence electrons. The lowest BCUT2D eigenvalue weighted by molar-refractivity contribution is -0.124. The van der Waals surface area contributed by atoms with Gasteiger partial charge in [0, 0.05) is 32.0 Å². The van der Waals surface area contributed by atoms with Crippen molar-refractivity contribution in [1.82, 2.24) is 15.1 Å². The monoisotopic (exact) mass is 318 g/mol. The van der Waals surface area contributed by atoms with Gasteiger partial charge in [-0.25, -0.2) is 0 Å². The lowest BCUT2D eigenvalue weighted by Gasteiger charge is -2.19. The lowest BCUT2D eigenvalue weighted by Crippen LogP contribution is -2.34. The summed E-state index contributed by atoms with van der Waals surface area (Å²) in [6.45, 7) is 2.88. The van der Waals surface area contributed by atoms with Gasteiger partial charge >= 0.3 is 0 Å². The number of hydrogen-bond acceptors (Lipinski definition) is 3. The van der Waals surface area contributed by atoms with Gasteiger partial charge in [0.2, 0.25) is 5.91 Å². The predicted molar refractivity (Wildman–Crippen MR) is 87.0 cm³/mol. The fourth-order valence-electron chi connectivity index (χ4n) is 2.77. The third-order valence-electron chi connectivity index (χ3n) is 3.95. The van der Waals surface area contributed by atoms with Gasteiger partial charge in [-0.3, -0.25) is 9.48 Å². The molecule has 0 aliphatic carbocycles. The summed E-state index contributed by atoms with van der Waals surface area (Å²) < 4.78 is 1.81. The first-order valence-electron chi connectivity index (χ1n) is 7.48.